The minimum absolute atomic E-state index is 0.233. The van der Waals surface area contributed by atoms with Gasteiger partial charge in [0.05, 0.1) is 6.04 Å². The van der Waals surface area contributed by atoms with Crippen LogP contribution in [0.3, 0.4) is 0 Å². The van der Waals surface area contributed by atoms with Gasteiger partial charge in [-0.3, -0.25) is 0 Å². The van der Waals surface area contributed by atoms with Crippen LogP contribution in [0.1, 0.15) is 24.0 Å². The molecule has 1 aliphatic heterocycles. The Morgan fingerprint density at radius 1 is 1.45 bits per heavy atom. The van der Waals surface area contributed by atoms with E-state index in [0.29, 0.717) is 0 Å². The zero-order valence-electron chi connectivity index (χ0n) is 12.2. The Bertz CT molecular complexity index is 525. The van der Waals surface area contributed by atoms with Crippen LogP contribution >= 0.6 is 0 Å². The molecule has 1 heterocycles. The van der Waals surface area contributed by atoms with E-state index in [1.165, 1.54) is 5.56 Å². The molecular weight excluding hydrogens is 246 g/mol. The summed E-state index contributed by atoms with van der Waals surface area (Å²) >= 11 is 0. The lowest BCUT2D eigenvalue weighted by molar-refractivity contribution is 0.268. The van der Waals surface area contributed by atoms with Gasteiger partial charge in [0.2, 0.25) is 0 Å². The highest BCUT2D eigenvalue weighted by Gasteiger charge is 2.24. The van der Waals surface area contributed by atoms with Crippen molar-refractivity contribution in [2.45, 2.75) is 32.4 Å². The maximum Gasteiger partial charge on any atom is 0.0687 e. The van der Waals surface area contributed by atoms with Gasteiger partial charge >= 0.3 is 0 Å². The Hall–Kier alpha value is -2.16. The molecule has 106 valence electrons. The molecule has 3 nitrogen and oxygen atoms in total. The van der Waals surface area contributed by atoms with E-state index in [0.717, 1.165) is 42.0 Å². The predicted molar refractivity (Wildman–Crippen MR) is 85.8 cm³/mol. The van der Waals surface area contributed by atoms with E-state index in [1.807, 2.05) is 18.3 Å². The van der Waals surface area contributed by atoms with Gasteiger partial charge in [0.1, 0.15) is 0 Å². The number of allylic oxidation sites excluding steroid dienone is 1. The lowest BCUT2D eigenvalue weighted by Gasteiger charge is -2.36. The first-order valence-electron chi connectivity index (χ1n) is 6.88. The van der Waals surface area contributed by atoms with E-state index in [2.05, 4.69) is 42.9 Å². The van der Waals surface area contributed by atoms with Gasteiger partial charge in [-0.15, -0.1) is 0 Å². The highest BCUT2D eigenvalue weighted by atomic mass is 15.2. The number of nitrogens with one attached hydrogen (secondary N) is 1. The number of nitrogens with two attached hydrogens (primary N) is 1. The summed E-state index contributed by atoms with van der Waals surface area (Å²) in [4.78, 5) is 2.19. The van der Waals surface area contributed by atoms with Crippen LogP contribution in [0.2, 0.25) is 0 Å². The first-order valence-corrected chi connectivity index (χ1v) is 6.88. The number of hydrogen-bond acceptors (Lipinski definition) is 3. The van der Waals surface area contributed by atoms with E-state index in [9.17, 15) is 0 Å². The van der Waals surface area contributed by atoms with Crippen LogP contribution in [0.25, 0.3) is 0 Å². The highest BCUT2D eigenvalue weighted by molar-refractivity contribution is 5.50. The zero-order chi connectivity index (χ0) is 14.7. The van der Waals surface area contributed by atoms with Crippen molar-refractivity contribution in [3.8, 4) is 0 Å². The molecule has 3 heteroatoms. The molecule has 0 amide bonds. The molecule has 0 aliphatic carbocycles. The molecule has 1 aliphatic rings. The summed E-state index contributed by atoms with van der Waals surface area (Å²) in [5.74, 6) is 0. The van der Waals surface area contributed by atoms with Crippen LogP contribution < -0.4 is 11.1 Å². The van der Waals surface area contributed by atoms with E-state index in [4.69, 9.17) is 5.73 Å². The molecule has 1 atom stereocenters. The Morgan fingerprint density at radius 2 is 2.20 bits per heavy atom. The summed E-state index contributed by atoms with van der Waals surface area (Å²) < 4.78 is 0. The molecular formula is C17H23N3. The monoisotopic (exact) mass is 269 g/mol. The number of hydrogen-bond donors (Lipinski definition) is 2. The van der Waals surface area contributed by atoms with Crippen LogP contribution in [0, 0.1) is 6.92 Å². The first kappa shape index (κ1) is 14.3. The molecule has 3 N–H and O–H groups in total. The van der Waals surface area contributed by atoms with Crippen LogP contribution in [-0.4, -0.2) is 10.9 Å². The van der Waals surface area contributed by atoms with Crippen molar-refractivity contribution in [2.24, 2.45) is 0 Å². The average Bonchev–Trinajstić information content (AvgIpc) is 2.40. The van der Waals surface area contributed by atoms with Crippen molar-refractivity contribution >= 4 is 5.69 Å². The fourth-order valence-corrected chi connectivity index (χ4v) is 2.65. The molecule has 0 saturated carbocycles. The number of rotatable bonds is 4. The van der Waals surface area contributed by atoms with E-state index < -0.39 is 0 Å². The maximum absolute atomic E-state index is 6.10. The van der Waals surface area contributed by atoms with Gasteiger partial charge in [0.15, 0.2) is 0 Å². The number of nitrogens with zero attached hydrogens (tertiary/aromatic N) is 1. The van der Waals surface area contributed by atoms with Crippen molar-refractivity contribution < 1.29 is 0 Å². The van der Waals surface area contributed by atoms with Crippen molar-refractivity contribution in [3.05, 3.63) is 66.7 Å². The SMILES string of the molecule is C=CN(Cc1c(C)cccc1N)C1CCC(=C)NC1=C. The third kappa shape index (κ3) is 2.87. The van der Waals surface area contributed by atoms with Crippen LogP contribution in [0.4, 0.5) is 5.69 Å². The molecule has 1 saturated heterocycles. The highest BCUT2D eigenvalue weighted by Crippen LogP contribution is 2.26. The second kappa shape index (κ2) is 5.87. The van der Waals surface area contributed by atoms with Gasteiger partial charge in [0, 0.05) is 23.6 Å². The number of nitrogen functional groups attached to an aromatic ring is 1. The molecule has 0 spiro atoms. The summed E-state index contributed by atoms with van der Waals surface area (Å²) in [6, 6.07) is 6.25. The minimum Gasteiger partial charge on any atom is -0.398 e. The largest absolute Gasteiger partial charge is 0.398 e. The lowest BCUT2D eigenvalue weighted by Crippen LogP contribution is -2.40. The number of piperidine rings is 1. The Labute approximate surface area is 121 Å². The first-order chi connectivity index (χ1) is 9.52. The molecule has 0 aromatic heterocycles. The standard InChI is InChI=1S/C17H23N3/c1-5-20(17-10-9-13(3)19-14(17)4)11-15-12(2)7-6-8-16(15)18/h5-8,17,19H,1,3-4,9-11,18H2,2H3. The van der Waals surface area contributed by atoms with Gasteiger partial charge in [-0.2, -0.15) is 0 Å². The molecule has 1 fully saturated rings. The lowest BCUT2D eigenvalue weighted by atomic mass is 9.99. The molecule has 1 aromatic rings. The smallest absolute Gasteiger partial charge is 0.0687 e. The van der Waals surface area contributed by atoms with Gasteiger partial charge in [-0.25, -0.2) is 0 Å². The summed E-state index contributed by atoms with van der Waals surface area (Å²) in [5, 5.41) is 3.25. The van der Waals surface area contributed by atoms with E-state index >= 15 is 0 Å². The van der Waals surface area contributed by atoms with Gasteiger partial charge in [-0.1, -0.05) is 31.9 Å². The van der Waals surface area contributed by atoms with Crippen LogP contribution in [-0.2, 0) is 6.54 Å². The van der Waals surface area contributed by atoms with Crippen molar-refractivity contribution in [1.29, 1.82) is 0 Å². The van der Waals surface area contributed by atoms with Crippen LogP contribution in [0.15, 0.2) is 55.5 Å². The summed E-state index contributed by atoms with van der Waals surface area (Å²) in [5.41, 5.74) is 11.3. The quantitative estimate of drug-likeness (QED) is 0.824. The molecule has 2 rings (SSSR count). The summed E-state index contributed by atoms with van der Waals surface area (Å²) in [7, 11) is 0. The van der Waals surface area contributed by atoms with Crippen molar-refractivity contribution in [1.82, 2.24) is 10.2 Å². The number of benzene rings is 1. The normalized spacial score (nSPS) is 18.6. The predicted octanol–water partition coefficient (Wildman–Crippen LogP) is 3.30. The number of anilines is 1. The van der Waals surface area contributed by atoms with Crippen molar-refractivity contribution in [2.75, 3.05) is 5.73 Å². The average molecular weight is 269 g/mol. The molecule has 20 heavy (non-hydrogen) atoms. The van der Waals surface area contributed by atoms with E-state index in [1.54, 1.807) is 0 Å². The van der Waals surface area contributed by atoms with Gasteiger partial charge in [-0.05, 0) is 43.2 Å². The fourth-order valence-electron chi connectivity index (χ4n) is 2.65. The Kier molecular flexibility index (Phi) is 4.18. The third-order valence-electron chi connectivity index (χ3n) is 3.88. The summed E-state index contributed by atoms with van der Waals surface area (Å²) in [6.07, 6.45) is 3.83. The molecule has 1 aromatic carbocycles. The topological polar surface area (TPSA) is 41.3 Å². The minimum atomic E-state index is 0.233. The fraction of sp³-hybridized carbons (Fsp3) is 0.294. The van der Waals surface area contributed by atoms with Gasteiger partial charge < -0.3 is 16.0 Å². The Balaban J connectivity index is 2.19. The maximum atomic E-state index is 6.10. The zero-order valence-corrected chi connectivity index (χ0v) is 12.2. The second-order valence-electron chi connectivity index (χ2n) is 5.31. The Morgan fingerprint density at radius 3 is 2.80 bits per heavy atom. The second-order valence-corrected chi connectivity index (χ2v) is 5.31. The molecule has 0 bridgehead atoms. The van der Waals surface area contributed by atoms with Crippen molar-refractivity contribution in [3.63, 3.8) is 0 Å². The van der Waals surface area contributed by atoms with E-state index in [-0.39, 0.29) is 6.04 Å². The molecule has 0 radical (unpaired) electrons. The van der Waals surface area contributed by atoms with Crippen LogP contribution in [0.5, 0.6) is 0 Å². The number of aryl methyl sites for hydroxylation is 1. The third-order valence-corrected chi connectivity index (χ3v) is 3.88. The summed E-state index contributed by atoms with van der Waals surface area (Å²) in [6.45, 7) is 14.8. The van der Waals surface area contributed by atoms with Gasteiger partial charge in [0.25, 0.3) is 0 Å². The molecule has 1 unspecified atom stereocenters.